The largest absolute Gasteiger partial charge is 0.478 e. The van der Waals surface area contributed by atoms with Gasteiger partial charge in [0.25, 0.3) is 5.91 Å². The Balaban J connectivity index is 2.07. The number of ether oxygens (including phenoxy) is 1. The number of aromatic nitrogens is 1. The summed E-state index contributed by atoms with van der Waals surface area (Å²) < 4.78 is 20.5. The van der Waals surface area contributed by atoms with Crippen LogP contribution in [0.25, 0.3) is 0 Å². The Morgan fingerprint density at radius 1 is 1.23 bits per heavy atom. The Kier molecular flexibility index (Phi) is 6.95. The molecule has 6 heteroatoms. The number of nitrogens with zero attached hydrogens (tertiary/aromatic N) is 1. The summed E-state index contributed by atoms with van der Waals surface area (Å²) in [5.41, 5.74) is 1.02. The second-order valence-electron chi connectivity index (χ2n) is 6.53. The van der Waals surface area contributed by atoms with Crippen LogP contribution in [0.3, 0.4) is 0 Å². The number of amides is 1. The summed E-state index contributed by atoms with van der Waals surface area (Å²) in [6, 6.07) is 6.91. The van der Waals surface area contributed by atoms with Gasteiger partial charge in [-0.3, -0.25) is 9.59 Å². The number of hydrogen-bond donors (Lipinski definition) is 1. The molecule has 0 saturated heterocycles. The van der Waals surface area contributed by atoms with Crippen molar-refractivity contribution in [2.45, 2.75) is 40.2 Å². The summed E-state index contributed by atoms with van der Waals surface area (Å²) in [7, 11) is 0. The molecule has 1 heterocycles. The van der Waals surface area contributed by atoms with E-state index in [9.17, 15) is 14.0 Å². The van der Waals surface area contributed by atoms with Crippen molar-refractivity contribution < 1.29 is 13.9 Å². The van der Waals surface area contributed by atoms with E-state index < -0.39 is 5.91 Å². The maximum absolute atomic E-state index is 12.9. The van der Waals surface area contributed by atoms with Crippen molar-refractivity contribution in [2.75, 3.05) is 11.9 Å². The summed E-state index contributed by atoms with van der Waals surface area (Å²) >= 11 is 0. The van der Waals surface area contributed by atoms with Gasteiger partial charge in [0.15, 0.2) is 12.4 Å². The van der Waals surface area contributed by atoms with Crippen LogP contribution in [0.4, 0.5) is 10.1 Å². The van der Waals surface area contributed by atoms with Gasteiger partial charge in [0.1, 0.15) is 5.82 Å². The van der Waals surface area contributed by atoms with Gasteiger partial charge in [0.05, 0.1) is 5.69 Å². The molecule has 0 radical (unpaired) electrons. The summed E-state index contributed by atoms with van der Waals surface area (Å²) in [4.78, 5) is 24.2. The van der Waals surface area contributed by atoms with Crippen LogP contribution in [0.5, 0.6) is 5.75 Å². The van der Waals surface area contributed by atoms with Crippen LogP contribution in [0.15, 0.2) is 41.3 Å². The van der Waals surface area contributed by atoms with Gasteiger partial charge in [-0.25, -0.2) is 4.39 Å². The molecule has 0 aliphatic carbocycles. The maximum atomic E-state index is 12.9. The summed E-state index contributed by atoms with van der Waals surface area (Å²) in [6.07, 6.45) is 3.39. The lowest BCUT2D eigenvalue weighted by Gasteiger charge is -2.17. The first-order valence-corrected chi connectivity index (χ1v) is 8.81. The molecule has 0 bridgehead atoms. The van der Waals surface area contributed by atoms with Crippen molar-refractivity contribution in [1.29, 1.82) is 0 Å². The van der Waals surface area contributed by atoms with Crippen molar-refractivity contribution in [3.63, 3.8) is 0 Å². The van der Waals surface area contributed by atoms with E-state index in [1.165, 1.54) is 30.3 Å². The van der Waals surface area contributed by atoms with E-state index in [1.807, 2.05) is 11.5 Å². The first-order chi connectivity index (χ1) is 12.4. The topological polar surface area (TPSA) is 60.3 Å². The molecule has 1 N–H and O–H groups in total. The Bertz CT molecular complexity index is 798. The molecule has 0 fully saturated rings. The molecule has 5 nitrogen and oxygen atoms in total. The highest BCUT2D eigenvalue weighted by molar-refractivity contribution is 5.91. The van der Waals surface area contributed by atoms with Crippen LogP contribution in [0.2, 0.25) is 0 Å². The molecule has 26 heavy (non-hydrogen) atoms. The zero-order chi connectivity index (χ0) is 19.1. The van der Waals surface area contributed by atoms with Gasteiger partial charge < -0.3 is 14.6 Å². The van der Waals surface area contributed by atoms with Gasteiger partial charge in [-0.2, -0.15) is 0 Å². The zero-order valence-electron chi connectivity index (χ0n) is 15.4. The van der Waals surface area contributed by atoms with Gasteiger partial charge >= 0.3 is 0 Å². The number of nitrogens with one attached hydrogen (secondary N) is 1. The minimum Gasteiger partial charge on any atom is -0.478 e. The van der Waals surface area contributed by atoms with E-state index in [4.69, 9.17) is 4.74 Å². The smallest absolute Gasteiger partial charge is 0.262 e. The monoisotopic (exact) mass is 360 g/mol. The average Bonchev–Trinajstić information content (AvgIpc) is 2.61. The molecule has 1 aromatic carbocycles. The standard InChI is InChI=1S/C20H25FN2O3/c1-4-17-20(18(24)10-12-23(17)11-9-14(2)3)26-13-19(25)22-16-7-5-15(21)6-8-16/h5-8,10,12,14H,4,9,11,13H2,1-3H3,(H,22,25). The minimum atomic E-state index is -0.407. The average molecular weight is 360 g/mol. The number of carbonyl (C=O) groups is 1. The van der Waals surface area contributed by atoms with Crippen molar-refractivity contribution in [3.8, 4) is 5.75 Å². The third-order valence-corrected chi connectivity index (χ3v) is 4.00. The number of halogens is 1. The number of rotatable bonds is 8. The van der Waals surface area contributed by atoms with Crippen molar-refractivity contribution >= 4 is 11.6 Å². The summed E-state index contributed by atoms with van der Waals surface area (Å²) in [5, 5.41) is 2.61. The molecule has 2 aromatic rings. The van der Waals surface area contributed by atoms with Gasteiger partial charge in [0.2, 0.25) is 5.43 Å². The number of hydrogen-bond acceptors (Lipinski definition) is 3. The first-order valence-electron chi connectivity index (χ1n) is 8.81. The van der Waals surface area contributed by atoms with Crippen LogP contribution in [-0.4, -0.2) is 17.1 Å². The van der Waals surface area contributed by atoms with Gasteiger partial charge in [0, 0.05) is 24.5 Å². The fraction of sp³-hybridized carbons (Fsp3) is 0.400. The number of pyridine rings is 1. The number of carbonyl (C=O) groups excluding carboxylic acids is 1. The first kappa shape index (κ1) is 19.7. The van der Waals surface area contributed by atoms with Crippen molar-refractivity contribution in [3.05, 3.63) is 58.3 Å². The van der Waals surface area contributed by atoms with Crippen LogP contribution < -0.4 is 15.5 Å². The van der Waals surface area contributed by atoms with Crippen LogP contribution >= 0.6 is 0 Å². The van der Waals surface area contributed by atoms with E-state index in [2.05, 4.69) is 19.2 Å². The van der Waals surface area contributed by atoms with E-state index in [0.717, 1.165) is 18.7 Å². The second kappa shape index (κ2) is 9.17. The molecule has 0 aliphatic rings. The van der Waals surface area contributed by atoms with E-state index in [1.54, 1.807) is 6.20 Å². The van der Waals surface area contributed by atoms with Crippen molar-refractivity contribution in [1.82, 2.24) is 4.57 Å². The lowest BCUT2D eigenvalue weighted by Crippen LogP contribution is -2.24. The molecule has 2 rings (SSSR count). The molecular formula is C20H25FN2O3. The van der Waals surface area contributed by atoms with Gasteiger partial charge in [-0.15, -0.1) is 0 Å². The molecule has 0 spiro atoms. The van der Waals surface area contributed by atoms with Gasteiger partial charge in [-0.05, 0) is 43.0 Å². The molecule has 0 saturated carbocycles. The number of aryl methyl sites for hydroxylation is 1. The Morgan fingerprint density at radius 3 is 2.54 bits per heavy atom. The summed E-state index contributed by atoms with van der Waals surface area (Å²) in [5.74, 6) is -0.0216. The highest BCUT2D eigenvalue weighted by Gasteiger charge is 2.13. The van der Waals surface area contributed by atoms with Crippen LogP contribution in [0.1, 0.15) is 32.9 Å². The van der Waals surface area contributed by atoms with Gasteiger partial charge in [-0.1, -0.05) is 20.8 Å². The minimum absolute atomic E-state index is 0.216. The molecule has 0 aliphatic heterocycles. The fourth-order valence-electron chi connectivity index (χ4n) is 2.59. The van der Waals surface area contributed by atoms with E-state index in [0.29, 0.717) is 18.0 Å². The summed E-state index contributed by atoms with van der Waals surface area (Å²) in [6.45, 7) is 6.75. The van der Waals surface area contributed by atoms with Crippen molar-refractivity contribution in [2.24, 2.45) is 5.92 Å². The van der Waals surface area contributed by atoms with Crippen LogP contribution in [0, 0.1) is 11.7 Å². The molecular weight excluding hydrogens is 335 g/mol. The molecule has 0 unspecified atom stereocenters. The molecule has 1 amide bonds. The highest BCUT2D eigenvalue weighted by Crippen LogP contribution is 2.16. The second-order valence-corrected chi connectivity index (χ2v) is 6.53. The zero-order valence-corrected chi connectivity index (χ0v) is 15.4. The Morgan fingerprint density at radius 2 is 1.92 bits per heavy atom. The Labute approximate surface area is 152 Å². The van der Waals surface area contributed by atoms with E-state index >= 15 is 0 Å². The highest BCUT2D eigenvalue weighted by atomic mass is 19.1. The SMILES string of the molecule is CCc1c(OCC(=O)Nc2ccc(F)cc2)c(=O)ccn1CCC(C)C. The predicted octanol–water partition coefficient (Wildman–Crippen LogP) is 3.61. The Hall–Kier alpha value is -2.63. The molecule has 1 aromatic heterocycles. The lowest BCUT2D eigenvalue weighted by atomic mass is 10.1. The molecule has 0 atom stereocenters. The van der Waals surface area contributed by atoms with Crippen LogP contribution in [-0.2, 0) is 17.8 Å². The fourth-order valence-corrected chi connectivity index (χ4v) is 2.59. The predicted molar refractivity (Wildman–Crippen MR) is 100 cm³/mol. The van der Waals surface area contributed by atoms with E-state index in [-0.39, 0.29) is 23.6 Å². The number of benzene rings is 1. The maximum Gasteiger partial charge on any atom is 0.262 e. The lowest BCUT2D eigenvalue weighted by molar-refractivity contribution is -0.118. The molecule has 140 valence electrons. The number of anilines is 1. The third-order valence-electron chi connectivity index (χ3n) is 4.00. The quantitative estimate of drug-likeness (QED) is 0.782. The third kappa shape index (κ3) is 5.44. The normalized spacial score (nSPS) is 10.8.